The molecule has 1 unspecified atom stereocenters. The topological polar surface area (TPSA) is 120 Å². The fourth-order valence-electron chi connectivity index (χ4n) is 2.94. The van der Waals surface area contributed by atoms with Gasteiger partial charge in [-0.25, -0.2) is 28.1 Å². The number of hydrogen-bond donors (Lipinski definition) is 1. The molecule has 1 aliphatic rings. The van der Waals surface area contributed by atoms with E-state index in [0.29, 0.717) is 21.5 Å². The van der Waals surface area contributed by atoms with E-state index in [9.17, 15) is 13.2 Å². The molecule has 1 aromatic heterocycles. The van der Waals surface area contributed by atoms with E-state index in [-0.39, 0.29) is 17.1 Å². The van der Waals surface area contributed by atoms with Crippen molar-refractivity contribution in [3.05, 3.63) is 52.1 Å². The quantitative estimate of drug-likeness (QED) is 0.451. The van der Waals surface area contributed by atoms with Crippen LogP contribution in [-0.4, -0.2) is 40.4 Å². The highest BCUT2D eigenvalue weighted by molar-refractivity contribution is 8.23. The van der Waals surface area contributed by atoms with Crippen LogP contribution in [0.5, 0.6) is 5.75 Å². The molecule has 2 heterocycles. The number of carbonyl (C=O) groups excluding carboxylic acids is 1. The van der Waals surface area contributed by atoms with Gasteiger partial charge >= 0.3 is 5.97 Å². The molecule has 184 valence electrons. The number of nitrogens with one attached hydrogen (secondary N) is 1. The molecular formula is C22H27ClN4O5S2. The lowest BCUT2D eigenvalue weighted by Gasteiger charge is -2.27. The fourth-order valence-corrected chi connectivity index (χ4v) is 4.95. The third-order valence-electron chi connectivity index (χ3n) is 4.62. The number of aromatic nitrogens is 2. The van der Waals surface area contributed by atoms with Gasteiger partial charge in [0, 0.05) is 22.1 Å². The number of benzene rings is 1. The fraction of sp³-hybridized carbons (Fsp3) is 0.455. The first kappa shape index (κ1) is 26.2. The molecule has 9 nitrogen and oxygen atoms in total. The summed E-state index contributed by atoms with van der Waals surface area (Å²) in [6, 6.07) is 6.32. The van der Waals surface area contributed by atoms with Gasteiger partial charge in [0.05, 0.1) is 17.0 Å². The Morgan fingerprint density at radius 3 is 2.15 bits per heavy atom. The maximum Gasteiger partial charge on any atom is 0.386 e. The summed E-state index contributed by atoms with van der Waals surface area (Å²) in [6.45, 7) is 11.6. The van der Waals surface area contributed by atoms with Gasteiger partial charge < -0.3 is 0 Å². The zero-order chi connectivity index (χ0) is 25.5. The van der Waals surface area contributed by atoms with E-state index >= 15 is 0 Å². The molecule has 3 rings (SSSR count). The van der Waals surface area contributed by atoms with Crippen LogP contribution in [0.2, 0.25) is 5.02 Å². The van der Waals surface area contributed by atoms with Gasteiger partial charge in [0.15, 0.2) is 25.4 Å². The number of hydrazone groups is 1. The van der Waals surface area contributed by atoms with Crippen molar-refractivity contribution in [2.45, 2.75) is 57.1 Å². The van der Waals surface area contributed by atoms with Crippen molar-refractivity contribution in [3.8, 4) is 5.75 Å². The second kappa shape index (κ2) is 9.35. The molecular weight excluding hydrogens is 500 g/mol. The summed E-state index contributed by atoms with van der Waals surface area (Å²) in [6.07, 6.45) is 1.13. The van der Waals surface area contributed by atoms with Crippen molar-refractivity contribution in [2.75, 3.05) is 6.26 Å². The number of hydrogen-bond acceptors (Lipinski definition) is 10. The SMILES string of the molecule is CC(C)(C)c1nc(C2=NNC(S(C)(=O)=O)S2)nc(C(C)(C)C)c1OOC(=O)c1cccc(Cl)c1. The van der Waals surface area contributed by atoms with Crippen LogP contribution in [0.1, 0.15) is 69.1 Å². The highest BCUT2D eigenvalue weighted by Crippen LogP contribution is 2.39. The monoisotopic (exact) mass is 526 g/mol. The maximum absolute atomic E-state index is 12.6. The third-order valence-corrected chi connectivity index (χ3v) is 7.89. The Kier molecular flexibility index (Phi) is 7.22. The average molecular weight is 527 g/mol. The molecule has 1 atom stereocenters. The van der Waals surface area contributed by atoms with Crippen LogP contribution in [0.3, 0.4) is 0 Å². The Morgan fingerprint density at radius 2 is 1.68 bits per heavy atom. The minimum absolute atomic E-state index is 0.218. The summed E-state index contributed by atoms with van der Waals surface area (Å²) in [4.78, 5) is 32.6. The summed E-state index contributed by atoms with van der Waals surface area (Å²) < 4.78 is 22.9. The van der Waals surface area contributed by atoms with E-state index in [0.717, 1.165) is 18.0 Å². The number of carbonyl (C=O) groups is 1. The van der Waals surface area contributed by atoms with E-state index in [4.69, 9.17) is 21.4 Å². The molecule has 2 aromatic rings. The average Bonchev–Trinajstić information content (AvgIpc) is 3.21. The van der Waals surface area contributed by atoms with Crippen molar-refractivity contribution in [3.63, 3.8) is 0 Å². The second-order valence-corrected chi connectivity index (χ2v) is 13.8. The number of halogens is 1. The van der Waals surface area contributed by atoms with Gasteiger partial charge in [0.25, 0.3) is 0 Å². The van der Waals surface area contributed by atoms with Crippen molar-refractivity contribution in [1.29, 1.82) is 0 Å². The standard InChI is InChI=1S/C22H27ClN4O5S2/c1-21(2,3)15-14(31-32-19(28)12-9-8-10-13(23)11-12)16(22(4,5)6)25-17(24-15)18-26-27-20(33-18)34(7,29)30/h8-11,20,27H,1-7H3. The Bertz CT molecular complexity index is 1220. The van der Waals surface area contributed by atoms with Crippen molar-refractivity contribution in [2.24, 2.45) is 5.10 Å². The molecule has 12 heteroatoms. The lowest BCUT2D eigenvalue weighted by molar-refractivity contribution is -0.152. The van der Waals surface area contributed by atoms with Gasteiger partial charge in [0.2, 0.25) is 5.75 Å². The molecule has 1 aromatic carbocycles. The zero-order valence-corrected chi connectivity index (χ0v) is 22.4. The van der Waals surface area contributed by atoms with Crippen LogP contribution in [-0.2, 0) is 25.6 Å². The number of sulfone groups is 1. The van der Waals surface area contributed by atoms with Gasteiger partial charge in [-0.3, -0.25) is 10.3 Å². The van der Waals surface area contributed by atoms with E-state index in [1.54, 1.807) is 18.2 Å². The molecule has 0 saturated heterocycles. The summed E-state index contributed by atoms with van der Waals surface area (Å²) in [7, 11) is -3.39. The largest absolute Gasteiger partial charge is 0.386 e. The number of nitrogens with zero attached hydrogens (tertiary/aromatic N) is 3. The molecule has 0 fully saturated rings. The van der Waals surface area contributed by atoms with Gasteiger partial charge in [0.1, 0.15) is 0 Å². The predicted octanol–water partition coefficient (Wildman–Crippen LogP) is 4.20. The lowest BCUT2D eigenvalue weighted by atomic mass is 9.85. The van der Waals surface area contributed by atoms with Gasteiger partial charge in [-0.15, -0.1) is 0 Å². The summed E-state index contributed by atoms with van der Waals surface area (Å²) in [5.41, 5.74) is 2.72. The van der Waals surface area contributed by atoms with E-state index in [1.165, 1.54) is 6.07 Å². The second-order valence-electron chi connectivity index (χ2n) is 9.86. The first-order valence-electron chi connectivity index (χ1n) is 10.3. The minimum atomic E-state index is -3.39. The first-order chi connectivity index (χ1) is 15.6. The van der Waals surface area contributed by atoms with Crippen molar-refractivity contribution >= 4 is 44.2 Å². The maximum atomic E-state index is 12.6. The van der Waals surface area contributed by atoms with Crippen molar-refractivity contribution in [1.82, 2.24) is 15.4 Å². The molecule has 1 N–H and O–H groups in total. The summed E-state index contributed by atoms with van der Waals surface area (Å²) in [5.74, 6) is -0.246. The van der Waals surface area contributed by atoms with Gasteiger partial charge in [-0.05, 0) is 18.2 Å². The number of thioether (sulfide) groups is 1. The van der Waals surface area contributed by atoms with E-state index in [2.05, 4.69) is 20.5 Å². The smallest absolute Gasteiger partial charge is 0.283 e. The Morgan fingerprint density at radius 1 is 1.09 bits per heavy atom. The third kappa shape index (κ3) is 6.00. The minimum Gasteiger partial charge on any atom is -0.283 e. The van der Waals surface area contributed by atoms with Crippen LogP contribution in [0, 0.1) is 0 Å². The molecule has 0 aliphatic carbocycles. The molecule has 34 heavy (non-hydrogen) atoms. The highest BCUT2D eigenvalue weighted by atomic mass is 35.5. The van der Waals surface area contributed by atoms with Crippen LogP contribution < -0.4 is 10.3 Å². The molecule has 1 aliphatic heterocycles. The van der Waals surface area contributed by atoms with Crippen LogP contribution in [0.15, 0.2) is 29.4 Å². The van der Waals surface area contributed by atoms with Crippen molar-refractivity contribution < 1.29 is 23.0 Å². The normalized spacial score (nSPS) is 16.6. The molecule has 0 bridgehead atoms. The van der Waals surface area contributed by atoms with Crippen LogP contribution in [0.25, 0.3) is 0 Å². The van der Waals surface area contributed by atoms with Crippen LogP contribution >= 0.6 is 23.4 Å². The highest BCUT2D eigenvalue weighted by Gasteiger charge is 2.36. The molecule has 0 radical (unpaired) electrons. The molecule has 0 spiro atoms. The van der Waals surface area contributed by atoms with E-state index < -0.39 is 31.3 Å². The number of rotatable bonds is 5. The molecule has 0 saturated carbocycles. The molecule has 0 amide bonds. The summed E-state index contributed by atoms with van der Waals surface area (Å²) in [5, 5.41) is 4.87. The first-order valence-corrected chi connectivity index (χ1v) is 13.5. The van der Waals surface area contributed by atoms with Gasteiger partial charge in [-0.1, -0.05) is 71.0 Å². The Hall–Kier alpha value is -2.37. The van der Waals surface area contributed by atoms with Crippen LogP contribution in [0.4, 0.5) is 0 Å². The lowest BCUT2D eigenvalue weighted by Crippen LogP contribution is -2.26. The summed E-state index contributed by atoms with van der Waals surface area (Å²) >= 11 is 6.99. The van der Waals surface area contributed by atoms with Gasteiger partial charge in [-0.2, -0.15) is 5.10 Å². The Balaban J connectivity index is 2.04. The zero-order valence-electron chi connectivity index (χ0n) is 20.0. The van der Waals surface area contributed by atoms with E-state index in [1.807, 2.05) is 41.5 Å². The predicted molar refractivity (Wildman–Crippen MR) is 133 cm³/mol. The Labute approximate surface area is 208 Å².